The number of hydrogen-bond donors (Lipinski definition) is 0. The highest BCUT2D eigenvalue weighted by atomic mass is 16.5. The lowest BCUT2D eigenvalue weighted by molar-refractivity contribution is -0.146. The van der Waals surface area contributed by atoms with Gasteiger partial charge in [-0.25, -0.2) is 0 Å². The van der Waals surface area contributed by atoms with E-state index >= 15 is 0 Å². The molecule has 1 fully saturated rings. The van der Waals surface area contributed by atoms with E-state index in [4.69, 9.17) is 4.74 Å². The predicted molar refractivity (Wildman–Crippen MR) is 84.4 cm³/mol. The molecule has 1 saturated carbocycles. The molecule has 2 heteroatoms. The number of rotatable bonds is 11. The Kier molecular flexibility index (Phi) is 7.04. The number of unbranched alkanes of at least 4 members (excludes halogenated alkanes) is 3. The monoisotopic (exact) mass is 278 g/mol. The fraction of sp³-hybridized carbons (Fsp3) is 0.722. The largest absolute Gasteiger partial charge is 0.466 e. The Bertz CT molecular complexity index is 334. The molecule has 1 rings (SSSR count). The maximum Gasteiger partial charge on any atom is 0.309 e. The number of ether oxygens (including phenoxy) is 1. The van der Waals surface area contributed by atoms with Crippen LogP contribution < -0.4 is 0 Å². The molecule has 0 aromatic carbocycles. The zero-order valence-electron chi connectivity index (χ0n) is 13.2. The van der Waals surface area contributed by atoms with Crippen molar-refractivity contribution in [1.82, 2.24) is 0 Å². The Hall–Kier alpha value is -1.05. The molecule has 0 aliphatic heterocycles. The van der Waals surface area contributed by atoms with Crippen LogP contribution in [0.25, 0.3) is 0 Å². The number of carbonyl (C=O) groups excluding carboxylic acids is 1. The summed E-state index contributed by atoms with van der Waals surface area (Å²) < 4.78 is 5.26. The van der Waals surface area contributed by atoms with Gasteiger partial charge in [-0.05, 0) is 37.5 Å². The molecule has 0 unspecified atom stereocenters. The van der Waals surface area contributed by atoms with E-state index in [-0.39, 0.29) is 17.3 Å². The fourth-order valence-electron chi connectivity index (χ4n) is 3.63. The van der Waals surface area contributed by atoms with Gasteiger partial charge >= 0.3 is 5.97 Å². The highest BCUT2D eigenvalue weighted by Crippen LogP contribution is 2.66. The molecule has 0 saturated heterocycles. The Labute approximate surface area is 124 Å². The van der Waals surface area contributed by atoms with E-state index in [0.717, 1.165) is 19.3 Å². The summed E-state index contributed by atoms with van der Waals surface area (Å²) in [5.41, 5.74) is 0.0932. The summed E-state index contributed by atoms with van der Waals surface area (Å²) in [7, 11) is 0. The molecule has 20 heavy (non-hydrogen) atoms. The first-order valence-electron chi connectivity index (χ1n) is 8.06. The van der Waals surface area contributed by atoms with Crippen LogP contribution in [0.15, 0.2) is 25.3 Å². The molecule has 0 N–H and O–H groups in total. The standard InChI is InChI=1S/C18H30O2/c1-5-9-10-11-14-18(13-7-3)15(12-6-2)16(18)17(19)20-8-4/h6-7,15-16H,2-3,5,8-14H2,1,4H3/t15-,16-,18+/m1/s1. The van der Waals surface area contributed by atoms with Crippen molar-refractivity contribution in [3.05, 3.63) is 25.3 Å². The number of carbonyl (C=O) groups is 1. The van der Waals surface area contributed by atoms with Crippen molar-refractivity contribution < 1.29 is 9.53 Å². The van der Waals surface area contributed by atoms with E-state index in [1.807, 2.05) is 19.1 Å². The second-order valence-corrected chi connectivity index (χ2v) is 5.90. The SMILES string of the molecule is C=CC[C@@H]1[C@H](C(=O)OCC)[C@@]1(CC=C)CCCCCC. The molecule has 0 radical (unpaired) electrons. The average molecular weight is 278 g/mol. The van der Waals surface area contributed by atoms with E-state index in [1.54, 1.807) is 0 Å². The van der Waals surface area contributed by atoms with Gasteiger partial charge in [-0.1, -0.05) is 44.8 Å². The first-order chi connectivity index (χ1) is 9.67. The quantitative estimate of drug-likeness (QED) is 0.305. The molecular weight excluding hydrogens is 248 g/mol. The van der Waals surface area contributed by atoms with Gasteiger partial charge in [0, 0.05) is 0 Å². The van der Waals surface area contributed by atoms with E-state index < -0.39 is 0 Å². The molecule has 0 bridgehead atoms. The highest BCUT2D eigenvalue weighted by Gasteiger charge is 2.66. The summed E-state index contributed by atoms with van der Waals surface area (Å²) in [5.74, 6) is 0.440. The van der Waals surface area contributed by atoms with Crippen LogP contribution in [0.3, 0.4) is 0 Å². The van der Waals surface area contributed by atoms with Crippen molar-refractivity contribution in [1.29, 1.82) is 0 Å². The topological polar surface area (TPSA) is 26.3 Å². The molecule has 1 aliphatic rings. The molecule has 114 valence electrons. The van der Waals surface area contributed by atoms with Gasteiger partial charge in [-0.15, -0.1) is 13.2 Å². The van der Waals surface area contributed by atoms with Crippen LogP contribution in [0.5, 0.6) is 0 Å². The van der Waals surface area contributed by atoms with Crippen LogP contribution in [0, 0.1) is 17.3 Å². The number of hydrogen-bond acceptors (Lipinski definition) is 2. The van der Waals surface area contributed by atoms with Crippen LogP contribution in [0.4, 0.5) is 0 Å². The molecule has 0 amide bonds. The normalized spacial score (nSPS) is 27.9. The summed E-state index contributed by atoms with van der Waals surface area (Å²) in [6.07, 6.45) is 11.8. The van der Waals surface area contributed by atoms with Crippen molar-refractivity contribution in [2.24, 2.45) is 17.3 Å². The average Bonchev–Trinajstić information content (AvgIpc) is 3.03. The molecule has 1 aliphatic carbocycles. The van der Waals surface area contributed by atoms with Gasteiger partial charge in [0.1, 0.15) is 0 Å². The summed E-state index contributed by atoms with van der Waals surface area (Å²) in [6.45, 7) is 12.3. The number of allylic oxidation sites excluding steroid dienone is 2. The summed E-state index contributed by atoms with van der Waals surface area (Å²) in [4.78, 5) is 12.2. The Morgan fingerprint density at radius 2 is 1.95 bits per heavy atom. The second kappa shape index (κ2) is 8.28. The van der Waals surface area contributed by atoms with E-state index in [2.05, 4.69) is 20.1 Å². The van der Waals surface area contributed by atoms with Crippen LogP contribution in [0.2, 0.25) is 0 Å². The van der Waals surface area contributed by atoms with Crippen LogP contribution in [-0.2, 0) is 9.53 Å². The zero-order chi connectivity index (χ0) is 15.0. The van der Waals surface area contributed by atoms with Gasteiger partial charge in [-0.3, -0.25) is 4.79 Å². The molecule has 0 heterocycles. The molecule has 3 atom stereocenters. The first-order valence-corrected chi connectivity index (χ1v) is 8.06. The maximum absolute atomic E-state index is 12.2. The van der Waals surface area contributed by atoms with Gasteiger partial charge in [0.05, 0.1) is 12.5 Å². The Morgan fingerprint density at radius 3 is 2.50 bits per heavy atom. The maximum atomic E-state index is 12.2. The summed E-state index contributed by atoms with van der Waals surface area (Å²) in [6, 6.07) is 0. The Morgan fingerprint density at radius 1 is 1.20 bits per heavy atom. The second-order valence-electron chi connectivity index (χ2n) is 5.90. The summed E-state index contributed by atoms with van der Waals surface area (Å²) in [5, 5.41) is 0. The fourth-order valence-corrected chi connectivity index (χ4v) is 3.63. The zero-order valence-corrected chi connectivity index (χ0v) is 13.2. The van der Waals surface area contributed by atoms with Gasteiger partial charge in [0.2, 0.25) is 0 Å². The van der Waals surface area contributed by atoms with E-state index in [1.165, 1.54) is 25.7 Å². The van der Waals surface area contributed by atoms with E-state index in [9.17, 15) is 4.79 Å². The minimum Gasteiger partial charge on any atom is -0.466 e. The van der Waals surface area contributed by atoms with Gasteiger partial charge in [0.15, 0.2) is 0 Å². The predicted octanol–water partition coefficient (Wildman–Crippen LogP) is 4.90. The Balaban J connectivity index is 2.71. The van der Waals surface area contributed by atoms with Gasteiger partial charge in [0.25, 0.3) is 0 Å². The smallest absolute Gasteiger partial charge is 0.309 e. The third-order valence-electron chi connectivity index (χ3n) is 4.63. The molecule has 0 aromatic rings. The van der Waals surface area contributed by atoms with Crippen LogP contribution >= 0.6 is 0 Å². The first kappa shape index (κ1) is 17.0. The van der Waals surface area contributed by atoms with Crippen LogP contribution in [0.1, 0.15) is 58.8 Å². The van der Waals surface area contributed by atoms with Crippen molar-refractivity contribution in [3.63, 3.8) is 0 Å². The van der Waals surface area contributed by atoms with Crippen molar-refractivity contribution in [2.45, 2.75) is 58.8 Å². The van der Waals surface area contributed by atoms with Gasteiger partial charge < -0.3 is 4.74 Å². The summed E-state index contributed by atoms with van der Waals surface area (Å²) >= 11 is 0. The van der Waals surface area contributed by atoms with Crippen LogP contribution in [-0.4, -0.2) is 12.6 Å². The van der Waals surface area contributed by atoms with Crippen molar-refractivity contribution in [3.8, 4) is 0 Å². The molecular formula is C18H30O2. The minimum atomic E-state index is -0.0170. The third-order valence-corrected chi connectivity index (χ3v) is 4.63. The third kappa shape index (κ3) is 3.74. The minimum absolute atomic E-state index is 0.0170. The van der Waals surface area contributed by atoms with Gasteiger partial charge in [-0.2, -0.15) is 0 Å². The van der Waals surface area contributed by atoms with E-state index in [0.29, 0.717) is 12.5 Å². The lowest BCUT2D eigenvalue weighted by Gasteiger charge is -2.16. The van der Waals surface area contributed by atoms with Crippen molar-refractivity contribution in [2.75, 3.05) is 6.61 Å². The molecule has 2 nitrogen and oxygen atoms in total. The lowest BCUT2D eigenvalue weighted by Crippen LogP contribution is -2.13. The van der Waals surface area contributed by atoms with Crippen molar-refractivity contribution >= 4 is 5.97 Å². The molecule has 0 aromatic heterocycles. The number of esters is 1. The molecule has 0 spiro atoms. The highest BCUT2D eigenvalue weighted by molar-refractivity contribution is 5.78. The lowest BCUT2D eigenvalue weighted by atomic mass is 9.89.